The van der Waals surface area contributed by atoms with E-state index >= 15 is 0 Å². The van der Waals surface area contributed by atoms with Crippen molar-refractivity contribution in [1.29, 1.82) is 0 Å². The number of ketones is 1. The van der Waals surface area contributed by atoms with Gasteiger partial charge in [0.1, 0.15) is 5.78 Å². The third-order valence-corrected chi connectivity index (χ3v) is 4.47. The Balaban J connectivity index is 1.91. The lowest BCUT2D eigenvalue weighted by molar-refractivity contribution is -0.117. The smallest absolute Gasteiger partial charge is 0.399 e. The molecule has 22 heavy (non-hydrogen) atoms. The van der Waals surface area contributed by atoms with Crippen molar-refractivity contribution in [1.82, 2.24) is 0 Å². The van der Waals surface area contributed by atoms with Crippen LogP contribution in [0.5, 0.6) is 0 Å². The maximum atomic E-state index is 10.9. The molecule has 1 aromatic carbocycles. The van der Waals surface area contributed by atoms with E-state index in [2.05, 4.69) is 33.0 Å². The molecule has 1 saturated heterocycles. The van der Waals surface area contributed by atoms with Gasteiger partial charge in [0.25, 0.3) is 0 Å². The summed E-state index contributed by atoms with van der Waals surface area (Å²) in [5.74, 6) is 0.234. The van der Waals surface area contributed by atoms with Crippen molar-refractivity contribution < 1.29 is 14.1 Å². The summed E-state index contributed by atoms with van der Waals surface area (Å²) in [6.07, 6.45) is 1.48. The summed E-state index contributed by atoms with van der Waals surface area (Å²) in [6.45, 7) is 10.6. The molecule has 0 aliphatic carbocycles. The summed E-state index contributed by atoms with van der Waals surface area (Å²) in [5, 5.41) is 3.32. The van der Waals surface area contributed by atoms with E-state index in [1.165, 1.54) is 0 Å². The molecule has 0 radical (unpaired) electrons. The van der Waals surface area contributed by atoms with Crippen molar-refractivity contribution >= 4 is 24.1 Å². The molecule has 1 aromatic rings. The average molecular weight is 303 g/mol. The Morgan fingerprint density at radius 1 is 1.09 bits per heavy atom. The fourth-order valence-corrected chi connectivity index (χ4v) is 2.31. The predicted octanol–water partition coefficient (Wildman–Crippen LogP) is 2.77. The molecule has 0 bridgehead atoms. The number of carbonyl (C=O) groups excluding carboxylic acids is 1. The normalized spacial score (nSPS) is 19.2. The average Bonchev–Trinajstić information content (AvgIpc) is 2.64. The number of carbonyl (C=O) groups is 1. The molecule has 2 rings (SSSR count). The molecule has 0 spiro atoms. The number of nitrogens with one attached hydrogen (secondary N) is 1. The Morgan fingerprint density at radius 2 is 1.64 bits per heavy atom. The molecule has 4 nitrogen and oxygen atoms in total. The summed E-state index contributed by atoms with van der Waals surface area (Å²) >= 11 is 0. The molecular weight excluding hydrogens is 277 g/mol. The van der Waals surface area contributed by atoms with Crippen LogP contribution in [0.3, 0.4) is 0 Å². The molecular formula is C17H26BNO3. The minimum Gasteiger partial charge on any atom is -0.399 e. The lowest BCUT2D eigenvalue weighted by Crippen LogP contribution is -2.41. The second-order valence-electron chi connectivity index (χ2n) is 6.94. The number of anilines is 1. The number of hydrogen-bond donors (Lipinski definition) is 1. The van der Waals surface area contributed by atoms with E-state index in [0.717, 1.165) is 24.1 Å². The van der Waals surface area contributed by atoms with E-state index in [9.17, 15) is 4.79 Å². The minimum atomic E-state index is -0.322. The molecule has 1 N–H and O–H groups in total. The predicted molar refractivity (Wildman–Crippen MR) is 90.6 cm³/mol. The molecule has 1 heterocycles. The van der Waals surface area contributed by atoms with Gasteiger partial charge < -0.3 is 19.4 Å². The van der Waals surface area contributed by atoms with Crippen LogP contribution in [0, 0.1) is 0 Å². The van der Waals surface area contributed by atoms with Gasteiger partial charge in [0.15, 0.2) is 0 Å². The van der Waals surface area contributed by atoms with Crippen molar-refractivity contribution in [3.8, 4) is 0 Å². The quantitative estimate of drug-likeness (QED) is 0.648. The van der Waals surface area contributed by atoms with E-state index in [1.807, 2.05) is 24.3 Å². The Kier molecular flexibility index (Phi) is 4.98. The van der Waals surface area contributed by atoms with E-state index in [1.54, 1.807) is 6.92 Å². The van der Waals surface area contributed by atoms with E-state index < -0.39 is 0 Å². The zero-order valence-electron chi connectivity index (χ0n) is 14.2. The van der Waals surface area contributed by atoms with Crippen molar-refractivity contribution in [2.45, 2.75) is 58.7 Å². The third kappa shape index (κ3) is 3.90. The number of hydrogen-bond acceptors (Lipinski definition) is 4. The Labute approximate surface area is 133 Å². The molecule has 0 unspecified atom stereocenters. The van der Waals surface area contributed by atoms with E-state index in [0.29, 0.717) is 6.42 Å². The number of rotatable bonds is 6. The molecule has 120 valence electrons. The van der Waals surface area contributed by atoms with Gasteiger partial charge in [-0.1, -0.05) is 12.1 Å². The van der Waals surface area contributed by atoms with Crippen LogP contribution in [-0.4, -0.2) is 30.6 Å². The van der Waals surface area contributed by atoms with Gasteiger partial charge in [0.2, 0.25) is 0 Å². The Hall–Kier alpha value is -1.33. The molecule has 1 fully saturated rings. The van der Waals surface area contributed by atoms with E-state index in [4.69, 9.17) is 9.31 Å². The fraction of sp³-hybridized carbons (Fsp3) is 0.588. The van der Waals surface area contributed by atoms with E-state index in [-0.39, 0.29) is 24.1 Å². The van der Waals surface area contributed by atoms with Crippen molar-refractivity contribution in [2.24, 2.45) is 0 Å². The Bertz CT molecular complexity index is 509. The maximum Gasteiger partial charge on any atom is 0.494 e. The largest absolute Gasteiger partial charge is 0.494 e. The zero-order chi connectivity index (χ0) is 16.4. The summed E-state index contributed by atoms with van der Waals surface area (Å²) in [7, 11) is -0.322. The lowest BCUT2D eigenvalue weighted by atomic mass is 9.79. The zero-order valence-corrected chi connectivity index (χ0v) is 14.2. The monoisotopic (exact) mass is 303 g/mol. The second kappa shape index (κ2) is 6.43. The summed E-state index contributed by atoms with van der Waals surface area (Å²) in [6, 6.07) is 8.09. The van der Waals surface area contributed by atoms with Crippen molar-refractivity contribution in [3.63, 3.8) is 0 Å². The van der Waals surface area contributed by atoms with Crippen LogP contribution in [0.4, 0.5) is 5.69 Å². The molecule has 1 aliphatic rings. The highest BCUT2D eigenvalue weighted by atomic mass is 16.7. The van der Waals surface area contributed by atoms with Gasteiger partial charge in [-0.2, -0.15) is 0 Å². The van der Waals surface area contributed by atoms with Crippen LogP contribution in [0.15, 0.2) is 24.3 Å². The third-order valence-electron chi connectivity index (χ3n) is 4.47. The van der Waals surface area contributed by atoms with Gasteiger partial charge in [-0.05, 0) is 58.6 Å². The molecule has 0 aromatic heterocycles. The van der Waals surface area contributed by atoms with Gasteiger partial charge >= 0.3 is 7.12 Å². The van der Waals surface area contributed by atoms with Crippen LogP contribution in [-0.2, 0) is 14.1 Å². The van der Waals surface area contributed by atoms with Crippen LogP contribution < -0.4 is 10.8 Å². The van der Waals surface area contributed by atoms with Gasteiger partial charge in [-0.15, -0.1) is 0 Å². The number of Topliss-reactive ketones (excluding diaryl/α,β-unsaturated/α-hetero) is 1. The van der Waals surface area contributed by atoms with Crippen LogP contribution in [0.25, 0.3) is 0 Å². The summed E-state index contributed by atoms with van der Waals surface area (Å²) in [4.78, 5) is 10.9. The molecule has 1 aliphatic heterocycles. The second-order valence-corrected chi connectivity index (χ2v) is 6.94. The highest BCUT2D eigenvalue weighted by molar-refractivity contribution is 6.62. The molecule has 5 heteroatoms. The van der Waals surface area contributed by atoms with Gasteiger partial charge in [-0.25, -0.2) is 0 Å². The minimum absolute atomic E-state index is 0.234. The SMILES string of the molecule is CC(=O)CCCNc1ccc(B2OC(C)(C)C(C)(C)O2)cc1. The van der Waals surface area contributed by atoms with Gasteiger partial charge in [0, 0.05) is 18.7 Å². The first kappa shape index (κ1) is 17.0. The van der Waals surface area contributed by atoms with Gasteiger partial charge in [0.05, 0.1) is 11.2 Å². The standard InChI is InChI=1S/C17H26BNO3/c1-13(20)7-6-12-19-15-10-8-14(9-11-15)18-21-16(2,3)17(4,5)22-18/h8-11,19H,6-7,12H2,1-5H3. The maximum absolute atomic E-state index is 10.9. The summed E-state index contributed by atoms with van der Waals surface area (Å²) in [5.41, 5.74) is 1.43. The topological polar surface area (TPSA) is 47.6 Å². The van der Waals surface area contributed by atoms with Crippen LogP contribution in [0.1, 0.15) is 47.5 Å². The van der Waals surface area contributed by atoms with Crippen molar-refractivity contribution in [3.05, 3.63) is 24.3 Å². The first-order valence-corrected chi connectivity index (χ1v) is 7.90. The first-order chi connectivity index (χ1) is 10.2. The molecule has 0 atom stereocenters. The highest BCUT2D eigenvalue weighted by Gasteiger charge is 2.51. The fourth-order valence-electron chi connectivity index (χ4n) is 2.31. The molecule has 0 amide bonds. The lowest BCUT2D eigenvalue weighted by Gasteiger charge is -2.32. The Morgan fingerprint density at radius 3 is 2.14 bits per heavy atom. The van der Waals surface area contributed by atoms with Gasteiger partial charge in [-0.3, -0.25) is 0 Å². The van der Waals surface area contributed by atoms with Crippen LogP contribution in [0.2, 0.25) is 0 Å². The summed E-state index contributed by atoms with van der Waals surface area (Å²) < 4.78 is 12.1. The number of benzene rings is 1. The van der Waals surface area contributed by atoms with Crippen LogP contribution >= 0.6 is 0 Å². The van der Waals surface area contributed by atoms with Crippen molar-refractivity contribution in [2.75, 3.05) is 11.9 Å². The first-order valence-electron chi connectivity index (χ1n) is 7.90. The molecule has 0 saturated carbocycles. The highest BCUT2D eigenvalue weighted by Crippen LogP contribution is 2.36.